The van der Waals surface area contributed by atoms with Crippen molar-refractivity contribution in [3.8, 4) is 5.75 Å². The van der Waals surface area contributed by atoms with E-state index in [2.05, 4.69) is 5.32 Å². The van der Waals surface area contributed by atoms with Gasteiger partial charge in [0.05, 0.1) is 12.8 Å². The molecule has 3 aromatic rings. The molecule has 0 aromatic heterocycles. The first-order valence-electron chi connectivity index (χ1n) is 8.96. The molecule has 29 heavy (non-hydrogen) atoms. The average Bonchev–Trinajstić information content (AvgIpc) is 2.74. The van der Waals surface area contributed by atoms with Crippen LogP contribution < -0.4 is 15.0 Å². The fourth-order valence-electron chi connectivity index (χ4n) is 2.70. The second kappa shape index (κ2) is 9.50. The molecule has 0 saturated heterocycles. The second-order valence-corrected chi connectivity index (χ2v) is 6.18. The first-order chi connectivity index (χ1) is 14.1. The van der Waals surface area contributed by atoms with E-state index in [0.29, 0.717) is 11.4 Å². The van der Waals surface area contributed by atoms with Crippen molar-refractivity contribution in [2.75, 3.05) is 23.9 Å². The molecule has 1 N–H and O–H groups in total. The summed E-state index contributed by atoms with van der Waals surface area (Å²) < 4.78 is 32.2. The molecule has 6 heteroatoms. The number of methoxy groups -OCH3 is 1. The number of benzene rings is 3. The van der Waals surface area contributed by atoms with Gasteiger partial charge in [0.15, 0.2) is 0 Å². The molecule has 3 rings (SSSR count). The number of nitrogens with zero attached hydrogens (tertiary/aromatic N) is 1. The molecule has 0 heterocycles. The third kappa shape index (κ3) is 5.42. The van der Waals surface area contributed by atoms with Gasteiger partial charge in [-0.2, -0.15) is 0 Å². The van der Waals surface area contributed by atoms with Crippen molar-refractivity contribution in [2.24, 2.45) is 0 Å². The summed E-state index contributed by atoms with van der Waals surface area (Å²) in [5, 5.41) is 2.49. The van der Waals surface area contributed by atoms with Crippen LogP contribution in [0.1, 0.15) is 5.56 Å². The van der Waals surface area contributed by atoms with Gasteiger partial charge in [-0.05, 0) is 42.0 Å². The van der Waals surface area contributed by atoms with E-state index in [9.17, 15) is 13.6 Å². The van der Waals surface area contributed by atoms with Crippen LogP contribution in [0, 0.1) is 11.6 Å². The van der Waals surface area contributed by atoms with Crippen molar-refractivity contribution in [1.29, 1.82) is 0 Å². The number of carbonyl (C=O) groups is 1. The number of carbonyl (C=O) groups excluding carboxylic acids is 1. The largest absolute Gasteiger partial charge is 0.497 e. The maximum Gasteiger partial charge on any atom is 0.326 e. The highest BCUT2D eigenvalue weighted by Gasteiger charge is 2.17. The molecule has 0 aliphatic carbocycles. The van der Waals surface area contributed by atoms with Crippen molar-refractivity contribution >= 4 is 23.5 Å². The van der Waals surface area contributed by atoms with Gasteiger partial charge in [0.1, 0.15) is 17.4 Å². The molecule has 0 aliphatic rings. The van der Waals surface area contributed by atoms with Gasteiger partial charge in [0.25, 0.3) is 0 Å². The maximum atomic E-state index is 13.9. The van der Waals surface area contributed by atoms with Crippen LogP contribution in [0.4, 0.5) is 25.0 Å². The van der Waals surface area contributed by atoms with Crippen LogP contribution in [0.3, 0.4) is 0 Å². The van der Waals surface area contributed by atoms with Crippen LogP contribution in [-0.2, 0) is 0 Å². The molecule has 0 saturated carbocycles. The van der Waals surface area contributed by atoms with Gasteiger partial charge in [0, 0.05) is 18.3 Å². The lowest BCUT2D eigenvalue weighted by atomic mass is 10.2. The van der Waals surface area contributed by atoms with Crippen molar-refractivity contribution in [1.82, 2.24) is 0 Å². The van der Waals surface area contributed by atoms with Crippen LogP contribution in [0.25, 0.3) is 6.08 Å². The molecule has 2 amide bonds. The zero-order valence-electron chi connectivity index (χ0n) is 15.8. The molecule has 0 atom stereocenters. The number of halogens is 2. The Morgan fingerprint density at radius 2 is 1.76 bits per heavy atom. The summed E-state index contributed by atoms with van der Waals surface area (Å²) in [6.07, 6.45) is 3.72. The minimum absolute atomic E-state index is 0.0954. The normalized spacial score (nSPS) is 10.7. The number of nitrogens with one attached hydrogen (secondary N) is 1. The summed E-state index contributed by atoms with van der Waals surface area (Å²) in [7, 11) is 1.55. The number of hydrogen-bond acceptors (Lipinski definition) is 2. The molecule has 4 nitrogen and oxygen atoms in total. The Labute approximate surface area is 168 Å². The summed E-state index contributed by atoms with van der Waals surface area (Å²) in [4.78, 5) is 14.3. The molecule has 0 fully saturated rings. The minimum Gasteiger partial charge on any atom is -0.497 e. The van der Waals surface area contributed by atoms with Gasteiger partial charge < -0.3 is 10.1 Å². The smallest absolute Gasteiger partial charge is 0.326 e. The summed E-state index contributed by atoms with van der Waals surface area (Å²) >= 11 is 0. The lowest BCUT2D eigenvalue weighted by Gasteiger charge is -2.22. The highest BCUT2D eigenvalue weighted by Crippen LogP contribution is 2.22. The first-order valence-corrected chi connectivity index (χ1v) is 8.96. The third-order valence-corrected chi connectivity index (χ3v) is 4.20. The first kappa shape index (κ1) is 20.1. The zero-order valence-corrected chi connectivity index (χ0v) is 15.8. The molecular formula is C23H20F2N2O2. The summed E-state index contributed by atoms with van der Waals surface area (Å²) in [5.41, 5.74) is 1.50. The van der Waals surface area contributed by atoms with Gasteiger partial charge in [0.2, 0.25) is 0 Å². The van der Waals surface area contributed by atoms with Gasteiger partial charge in [-0.15, -0.1) is 0 Å². The van der Waals surface area contributed by atoms with Crippen LogP contribution >= 0.6 is 0 Å². The van der Waals surface area contributed by atoms with E-state index in [4.69, 9.17) is 4.74 Å². The van der Waals surface area contributed by atoms with Crippen molar-refractivity contribution in [3.05, 3.63) is 96.1 Å². The Hall–Kier alpha value is -3.67. The fourth-order valence-corrected chi connectivity index (χ4v) is 2.70. The van der Waals surface area contributed by atoms with Crippen molar-refractivity contribution in [2.45, 2.75) is 0 Å². The Bertz CT molecular complexity index is 990. The van der Waals surface area contributed by atoms with Gasteiger partial charge in [-0.3, -0.25) is 4.90 Å². The monoisotopic (exact) mass is 394 g/mol. The van der Waals surface area contributed by atoms with Gasteiger partial charge in [-0.25, -0.2) is 13.6 Å². The van der Waals surface area contributed by atoms with E-state index in [-0.39, 0.29) is 12.2 Å². The highest BCUT2D eigenvalue weighted by molar-refractivity contribution is 6.02. The Morgan fingerprint density at radius 3 is 2.41 bits per heavy atom. The molecule has 0 aliphatic heterocycles. The molecule has 0 unspecified atom stereocenters. The molecule has 148 valence electrons. The Morgan fingerprint density at radius 1 is 1.03 bits per heavy atom. The number of ether oxygens (including phenoxy) is 1. The van der Waals surface area contributed by atoms with E-state index in [0.717, 1.165) is 17.7 Å². The summed E-state index contributed by atoms with van der Waals surface area (Å²) in [6, 6.07) is 19.0. The summed E-state index contributed by atoms with van der Waals surface area (Å²) in [6.45, 7) is 0.246. The Kier molecular flexibility index (Phi) is 6.58. The predicted molar refractivity (Wildman–Crippen MR) is 111 cm³/mol. The fraction of sp³-hybridized carbons (Fsp3) is 0.0870. The molecule has 0 radical (unpaired) electrons. The average molecular weight is 394 g/mol. The van der Waals surface area contributed by atoms with E-state index in [1.165, 1.54) is 11.0 Å². The van der Waals surface area contributed by atoms with Crippen molar-refractivity contribution in [3.63, 3.8) is 0 Å². The SMILES string of the molecule is COc1ccc(N(C/C=C/c2ccccc2)C(=O)Nc2ccc(F)cc2F)cc1. The van der Waals surface area contributed by atoms with Gasteiger partial charge in [-0.1, -0.05) is 42.5 Å². The minimum atomic E-state index is -0.840. The highest BCUT2D eigenvalue weighted by atomic mass is 19.1. The lowest BCUT2D eigenvalue weighted by Crippen LogP contribution is -2.35. The zero-order chi connectivity index (χ0) is 20.6. The number of amides is 2. The van der Waals surface area contributed by atoms with E-state index in [1.54, 1.807) is 31.4 Å². The third-order valence-electron chi connectivity index (χ3n) is 4.20. The van der Waals surface area contributed by atoms with Crippen LogP contribution in [0.2, 0.25) is 0 Å². The van der Waals surface area contributed by atoms with Gasteiger partial charge >= 0.3 is 6.03 Å². The molecule has 3 aromatic carbocycles. The van der Waals surface area contributed by atoms with E-state index in [1.807, 2.05) is 42.5 Å². The molecule has 0 spiro atoms. The second-order valence-electron chi connectivity index (χ2n) is 6.18. The molecule has 0 bridgehead atoms. The van der Waals surface area contributed by atoms with Crippen LogP contribution in [-0.4, -0.2) is 19.7 Å². The number of urea groups is 1. The molecular weight excluding hydrogens is 374 g/mol. The maximum absolute atomic E-state index is 13.9. The van der Waals surface area contributed by atoms with Crippen LogP contribution in [0.5, 0.6) is 5.75 Å². The lowest BCUT2D eigenvalue weighted by molar-refractivity contribution is 0.257. The number of anilines is 2. The quantitative estimate of drug-likeness (QED) is 0.580. The Balaban J connectivity index is 1.82. The van der Waals surface area contributed by atoms with E-state index >= 15 is 0 Å². The van der Waals surface area contributed by atoms with E-state index < -0.39 is 17.7 Å². The number of rotatable bonds is 6. The topological polar surface area (TPSA) is 41.6 Å². The van der Waals surface area contributed by atoms with Crippen molar-refractivity contribution < 1.29 is 18.3 Å². The van der Waals surface area contributed by atoms with Crippen LogP contribution in [0.15, 0.2) is 78.9 Å². The standard InChI is InChI=1S/C23H20F2N2O2/c1-29-20-12-10-19(11-13-20)27(15-5-8-17-6-3-2-4-7-17)23(28)26-22-14-9-18(24)16-21(22)25/h2-14,16H,15H2,1H3,(H,26,28)/b8-5+. The predicted octanol–water partition coefficient (Wildman–Crippen LogP) is 5.73. The summed E-state index contributed by atoms with van der Waals surface area (Å²) in [5.74, 6) is -0.898. The number of hydrogen-bond donors (Lipinski definition) is 1.